The second kappa shape index (κ2) is 8.88. The molecule has 34 heavy (non-hydrogen) atoms. The summed E-state index contributed by atoms with van der Waals surface area (Å²) < 4.78 is 3.22. The van der Waals surface area contributed by atoms with Crippen molar-refractivity contribution in [3.8, 4) is 28.7 Å². The van der Waals surface area contributed by atoms with E-state index in [1.807, 2.05) is 31.2 Å². The SMILES string of the molecule is CO[n+]1c(Cn2cc(-c3cc(-c4cccc(C#N)c4C)nc(N)n3)nn2)cccc1C(C)(C)O. The van der Waals surface area contributed by atoms with Gasteiger partial charge in [-0.3, -0.25) is 4.84 Å². The molecule has 3 aromatic heterocycles. The fraction of sp³-hybridized carbons (Fsp3) is 0.250. The number of nitrogens with zero attached hydrogens (tertiary/aromatic N) is 7. The molecule has 1 aromatic carbocycles. The number of pyridine rings is 1. The number of anilines is 1. The van der Waals surface area contributed by atoms with Crippen molar-refractivity contribution < 1.29 is 14.7 Å². The quantitative estimate of drug-likeness (QED) is 0.418. The van der Waals surface area contributed by atoms with Gasteiger partial charge in [-0.25, -0.2) is 14.6 Å². The van der Waals surface area contributed by atoms with Gasteiger partial charge >= 0.3 is 0 Å². The van der Waals surface area contributed by atoms with Gasteiger partial charge in [-0.1, -0.05) is 17.3 Å². The van der Waals surface area contributed by atoms with Crippen molar-refractivity contribution in [2.24, 2.45) is 0 Å². The van der Waals surface area contributed by atoms with E-state index in [-0.39, 0.29) is 5.95 Å². The van der Waals surface area contributed by atoms with Gasteiger partial charge < -0.3 is 10.8 Å². The van der Waals surface area contributed by atoms with Crippen LogP contribution in [0.15, 0.2) is 48.7 Å². The standard InChI is InChI=1S/C24H25N8O2/c1-15-16(12-25)7-5-9-18(15)19-11-20(28-23(26)27-19)21-14-31(30-29-21)13-17-8-6-10-22(24(2,3)33)32(17)34-4/h5-11,14,33H,13H2,1-4H3,(H2,26,27,28)/q+1. The Hall–Kier alpha value is -4.36. The van der Waals surface area contributed by atoms with Crippen molar-refractivity contribution in [2.45, 2.75) is 32.9 Å². The number of hydrogen-bond donors (Lipinski definition) is 2. The second-order valence-electron chi connectivity index (χ2n) is 8.33. The van der Waals surface area contributed by atoms with Crippen LogP contribution in [-0.4, -0.2) is 37.2 Å². The number of aliphatic hydroxyl groups is 1. The number of nitrogen functional groups attached to an aromatic ring is 1. The Balaban J connectivity index is 1.69. The zero-order valence-electron chi connectivity index (χ0n) is 19.4. The van der Waals surface area contributed by atoms with Crippen LogP contribution in [-0.2, 0) is 12.1 Å². The molecular weight excluding hydrogens is 432 g/mol. The number of benzene rings is 1. The minimum absolute atomic E-state index is 0.0962. The largest absolute Gasteiger partial charge is 0.379 e. The molecule has 0 saturated heterocycles. The van der Waals surface area contributed by atoms with Crippen LogP contribution in [0.2, 0.25) is 0 Å². The van der Waals surface area contributed by atoms with Gasteiger partial charge in [0.15, 0.2) is 0 Å². The monoisotopic (exact) mass is 457 g/mol. The summed E-state index contributed by atoms with van der Waals surface area (Å²) in [5, 5.41) is 28.3. The molecule has 10 heteroatoms. The molecule has 3 N–H and O–H groups in total. The molecule has 0 bridgehead atoms. The summed E-state index contributed by atoms with van der Waals surface area (Å²) in [6.45, 7) is 5.61. The Bertz CT molecular complexity index is 1400. The van der Waals surface area contributed by atoms with Gasteiger partial charge in [0.2, 0.25) is 5.95 Å². The molecule has 0 atom stereocenters. The van der Waals surface area contributed by atoms with Crippen LogP contribution in [0.3, 0.4) is 0 Å². The smallest absolute Gasteiger partial charge is 0.265 e. The van der Waals surface area contributed by atoms with E-state index in [2.05, 4.69) is 26.3 Å². The average Bonchev–Trinajstić information content (AvgIpc) is 3.26. The van der Waals surface area contributed by atoms with E-state index in [9.17, 15) is 10.4 Å². The van der Waals surface area contributed by atoms with Gasteiger partial charge in [0, 0.05) is 22.4 Å². The maximum absolute atomic E-state index is 10.5. The maximum atomic E-state index is 10.5. The molecular formula is C24H25N8O2+. The Morgan fingerprint density at radius 1 is 1.15 bits per heavy atom. The van der Waals surface area contributed by atoms with E-state index in [1.165, 1.54) is 0 Å². The summed E-state index contributed by atoms with van der Waals surface area (Å²) in [4.78, 5) is 14.2. The summed E-state index contributed by atoms with van der Waals surface area (Å²) in [5.41, 5.74) is 10.1. The van der Waals surface area contributed by atoms with Crippen LogP contribution in [0.5, 0.6) is 0 Å². The topological polar surface area (TPSA) is 140 Å². The van der Waals surface area contributed by atoms with Crippen molar-refractivity contribution in [1.29, 1.82) is 5.26 Å². The molecule has 3 heterocycles. The van der Waals surface area contributed by atoms with Gasteiger partial charge in [0.05, 0.1) is 29.2 Å². The van der Waals surface area contributed by atoms with E-state index in [4.69, 9.17) is 10.6 Å². The molecule has 0 amide bonds. The molecule has 4 rings (SSSR count). The molecule has 0 fully saturated rings. The fourth-order valence-corrected chi connectivity index (χ4v) is 3.75. The Morgan fingerprint density at radius 3 is 2.59 bits per heavy atom. The summed E-state index contributed by atoms with van der Waals surface area (Å²) in [5.74, 6) is 0.0962. The molecule has 4 aromatic rings. The van der Waals surface area contributed by atoms with Crippen LogP contribution >= 0.6 is 0 Å². The first-order chi connectivity index (χ1) is 16.2. The molecule has 0 spiro atoms. The van der Waals surface area contributed by atoms with Crippen molar-refractivity contribution >= 4 is 5.95 Å². The molecule has 10 nitrogen and oxygen atoms in total. The number of aromatic nitrogens is 6. The lowest BCUT2D eigenvalue weighted by Crippen LogP contribution is -2.52. The first-order valence-electron chi connectivity index (χ1n) is 10.6. The zero-order valence-corrected chi connectivity index (χ0v) is 19.4. The lowest BCUT2D eigenvalue weighted by molar-refractivity contribution is -0.899. The third-order valence-electron chi connectivity index (χ3n) is 5.43. The first-order valence-corrected chi connectivity index (χ1v) is 10.6. The predicted molar refractivity (Wildman–Crippen MR) is 124 cm³/mol. The maximum Gasteiger partial charge on any atom is 0.265 e. The summed E-state index contributed by atoms with van der Waals surface area (Å²) in [6, 6.07) is 14.9. The lowest BCUT2D eigenvalue weighted by atomic mass is 10.00. The van der Waals surface area contributed by atoms with Crippen LogP contribution < -0.4 is 15.3 Å². The van der Waals surface area contributed by atoms with E-state index in [0.29, 0.717) is 34.9 Å². The number of nitrogens with two attached hydrogens (primary N) is 1. The second-order valence-corrected chi connectivity index (χ2v) is 8.33. The summed E-state index contributed by atoms with van der Waals surface area (Å²) in [6.07, 6.45) is 1.75. The van der Waals surface area contributed by atoms with E-state index in [1.54, 1.807) is 54.8 Å². The number of nitriles is 1. The minimum atomic E-state index is -1.09. The number of rotatable bonds is 6. The summed E-state index contributed by atoms with van der Waals surface area (Å²) >= 11 is 0. The highest BCUT2D eigenvalue weighted by molar-refractivity contribution is 5.71. The van der Waals surface area contributed by atoms with Crippen LogP contribution in [0.4, 0.5) is 5.95 Å². The molecule has 172 valence electrons. The van der Waals surface area contributed by atoms with Crippen molar-refractivity contribution in [1.82, 2.24) is 25.0 Å². The molecule has 0 radical (unpaired) electrons. The third-order valence-corrected chi connectivity index (χ3v) is 5.43. The normalized spacial score (nSPS) is 11.3. The van der Waals surface area contributed by atoms with Gasteiger partial charge in [-0.15, -0.1) is 5.10 Å². The van der Waals surface area contributed by atoms with Gasteiger partial charge in [-0.2, -0.15) is 5.26 Å². The van der Waals surface area contributed by atoms with E-state index < -0.39 is 5.60 Å². The van der Waals surface area contributed by atoms with Gasteiger partial charge in [-0.05, 0) is 44.5 Å². The van der Waals surface area contributed by atoms with Crippen molar-refractivity contribution in [2.75, 3.05) is 12.8 Å². The molecule has 0 aliphatic heterocycles. The van der Waals surface area contributed by atoms with Gasteiger partial charge in [0.25, 0.3) is 11.4 Å². The Kier molecular flexibility index (Phi) is 5.96. The average molecular weight is 458 g/mol. The van der Waals surface area contributed by atoms with Crippen molar-refractivity contribution in [3.05, 3.63) is 71.2 Å². The third kappa shape index (κ3) is 4.42. The summed E-state index contributed by atoms with van der Waals surface area (Å²) in [7, 11) is 1.54. The predicted octanol–water partition coefficient (Wildman–Crippen LogP) is 1.79. The van der Waals surface area contributed by atoms with Crippen molar-refractivity contribution in [3.63, 3.8) is 0 Å². The van der Waals surface area contributed by atoms with Crippen LogP contribution in [0, 0.1) is 18.3 Å². The van der Waals surface area contributed by atoms with E-state index >= 15 is 0 Å². The van der Waals surface area contributed by atoms with E-state index in [0.717, 1.165) is 16.8 Å². The highest BCUT2D eigenvalue weighted by Gasteiger charge is 2.31. The Labute approximate surface area is 196 Å². The minimum Gasteiger partial charge on any atom is -0.379 e. The highest BCUT2D eigenvalue weighted by atomic mass is 16.6. The van der Waals surface area contributed by atoms with Crippen LogP contribution in [0.1, 0.15) is 36.4 Å². The van der Waals surface area contributed by atoms with Gasteiger partial charge in [0.1, 0.15) is 24.9 Å². The molecule has 0 unspecified atom stereocenters. The lowest BCUT2D eigenvalue weighted by Gasteiger charge is -2.14. The zero-order chi connectivity index (χ0) is 24.5. The fourth-order valence-electron chi connectivity index (χ4n) is 3.75. The van der Waals surface area contributed by atoms with Crippen LogP contribution in [0.25, 0.3) is 22.6 Å². The molecule has 0 saturated carbocycles. The Morgan fingerprint density at radius 2 is 1.88 bits per heavy atom. The number of hydrogen-bond acceptors (Lipinski definition) is 8. The molecule has 0 aliphatic carbocycles. The highest BCUT2D eigenvalue weighted by Crippen LogP contribution is 2.27. The first kappa shape index (κ1) is 22.8. The molecule has 0 aliphatic rings.